The number of aryl methyl sites for hydroxylation is 1. The second-order valence-corrected chi connectivity index (χ2v) is 3.76. The molecule has 1 heterocycles. The summed E-state index contributed by atoms with van der Waals surface area (Å²) in [6.45, 7) is 1.76. The maximum Gasteiger partial charge on any atom is 0.251 e. The molecule has 1 aromatic heterocycles. The minimum Gasteiger partial charge on any atom is -0.495 e. The van der Waals surface area contributed by atoms with Crippen LogP contribution in [0.25, 0.3) is 10.9 Å². The van der Waals surface area contributed by atoms with E-state index in [1.165, 1.54) is 0 Å². The Balaban J connectivity index is 2.82. The van der Waals surface area contributed by atoms with Crippen LogP contribution in [0.2, 0.25) is 5.02 Å². The zero-order chi connectivity index (χ0) is 11.0. The molecule has 0 spiro atoms. The molecule has 78 valence electrons. The van der Waals surface area contributed by atoms with Gasteiger partial charge >= 0.3 is 0 Å². The van der Waals surface area contributed by atoms with Crippen molar-refractivity contribution in [2.45, 2.75) is 6.92 Å². The summed E-state index contributed by atoms with van der Waals surface area (Å²) in [7, 11) is 1.54. The molecule has 0 amide bonds. The fourth-order valence-corrected chi connectivity index (χ4v) is 1.72. The summed E-state index contributed by atoms with van der Waals surface area (Å²) in [6.07, 6.45) is 0. The average molecular weight is 224 g/mol. The summed E-state index contributed by atoms with van der Waals surface area (Å²) in [5, 5.41) is 1.44. The van der Waals surface area contributed by atoms with Crippen LogP contribution in [-0.2, 0) is 0 Å². The molecule has 0 unspecified atom stereocenters. The molecular weight excluding hydrogens is 214 g/mol. The third-order valence-corrected chi connectivity index (χ3v) is 2.60. The van der Waals surface area contributed by atoms with Gasteiger partial charge in [-0.15, -0.1) is 0 Å². The Bertz CT molecular complexity index is 575. The minimum absolute atomic E-state index is 0.0909. The van der Waals surface area contributed by atoms with Crippen molar-refractivity contribution in [1.29, 1.82) is 0 Å². The first kappa shape index (κ1) is 10.1. The fraction of sp³-hybridized carbons (Fsp3) is 0.182. The first-order chi connectivity index (χ1) is 7.11. The van der Waals surface area contributed by atoms with Gasteiger partial charge in [0.2, 0.25) is 0 Å². The zero-order valence-electron chi connectivity index (χ0n) is 8.43. The van der Waals surface area contributed by atoms with Crippen molar-refractivity contribution in [1.82, 2.24) is 4.98 Å². The van der Waals surface area contributed by atoms with Gasteiger partial charge in [-0.3, -0.25) is 4.79 Å². The minimum atomic E-state index is -0.0909. The van der Waals surface area contributed by atoms with Crippen molar-refractivity contribution >= 4 is 22.5 Å². The van der Waals surface area contributed by atoms with Crippen LogP contribution in [0.3, 0.4) is 0 Å². The SMILES string of the molecule is COc1cc2[nH]c(=O)c(C)cc2cc1Cl. The number of H-pyrrole nitrogens is 1. The first-order valence-corrected chi connectivity index (χ1v) is 4.87. The molecule has 0 aliphatic carbocycles. The molecule has 0 aliphatic heterocycles. The highest BCUT2D eigenvalue weighted by Gasteiger charge is 2.05. The number of aromatic amines is 1. The normalized spacial score (nSPS) is 10.6. The second-order valence-electron chi connectivity index (χ2n) is 3.36. The van der Waals surface area contributed by atoms with Gasteiger partial charge in [-0.05, 0) is 19.1 Å². The van der Waals surface area contributed by atoms with Gasteiger partial charge in [-0.2, -0.15) is 0 Å². The predicted molar refractivity (Wildman–Crippen MR) is 60.9 cm³/mol. The second kappa shape index (κ2) is 3.59. The fourth-order valence-electron chi connectivity index (χ4n) is 1.47. The van der Waals surface area contributed by atoms with Gasteiger partial charge in [0.1, 0.15) is 5.75 Å². The predicted octanol–water partition coefficient (Wildman–Crippen LogP) is 2.50. The molecule has 1 N–H and O–H groups in total. The number of halogens is 1. The van der Waals surface area contributed by atoms with Gasteiger partial charge in [0.25, 0.3) is 5.56 Å². The molecule has 1 aromatic carbocycles. The van der Waals surface area contributed by atoms with Crippen molar-refractivity contribution in [3.63, 3.8) is 0 Å². The Kier molecular flexibility index (Phi) is 2.40. The largest absolute Gasteiger partial charge is 0.495 e. The number of fused-ring (bicyclic) bond motifs is 1. The van der Waals surface area contributed by atoms with Crippen molar-refractivity contribution in [2.24, 2.45) is 0 Å². The third kappa shape index (κ3) is 1.70. The molecule has 2 rings (SSSR count). The summed E-state index contributed by atoms with van der Waals surface area (Å²) in [5.41, 5.74) is 1.31. The molecule has 3 nitrogen and oxygen atoms in total. The number of hydrogen-bond donors (Lipinski definition) is 1. The van der Waals surface area contributed by atoms with E-state index in [-0.39, 0.29) is 5.56 Å². The molecule has 2 aromatic rings. The number of aromatic nitrogens is 1. The number of nitrogens with one attached hydrogen (secondary N) is 1. The van der Waals surface area contributed by atoms with E-state index in [4.69, 9.17) is 16.3 Å². The number of pyridine rings is 1. The van der Waals surface area contributed by atoms with Gasteiger partial charge in [0.05, 0.1) is 17.6 Å². The van der Waals surface area contributed by atoms with Crippen LogP contribution in [-0.4, -0.2) is 12.1 Å². The molecule has 0 fully saturated rings. The van der Waals surface area contributed by atoms with Gasteiger partial charge < -0.3 is 9.72 Å². The van der Waals surface area contributed by atoms with Gasteiger partial charge in [0, 0.05) is 17.0 Å². The lowest BCUT2D eigenvalue weighted by atomic mass is 10.1. The van der Waals surface area contributed by atoms with Crippen LogP contribution in [0.1, 0.15) is 5.56 Å². The Morgan fingerprint density at radius 2 is 2.07 bits per heavy atom. The van der Waals surface area contributed by atoms with Crippen molar-refractivity contribution in [2.75, 3.05) is 7.11 Å². The molecule has 15 heavy (non-hydrogen) atoms. The lowest BCUT2D eigenvalue weighted by molar-refractivity contribution is 0.415. The highest BCUT2D eigenvalue weighted by atomic mass is 35.5. The molecule has 4 heteroatoms. The number of ether oxygens (including phenoxy) is 1. The molecule has 0 saturated carbocycles. The van der Waals surface area contributed by atoms with E-state index in [1.807, 2.05) is 0 Å². The molecule has 0 radical (unpaired) electrons. The van der Waals surface area contributed by atoms with Crippen LogP contribution >= 0.6 is 11.6 Å². The van der Waals surface area contributed by atoms with Gasteiger partial charge in [-0.25, -0.2) is 0 Å². The van der Waals surface area contributed by atoms with E-state index < -0.39 is 0 Å². The average Bonchev–Trinajstić information content (AvgIpc) is 2.20. The van der Waals surface area contributed by atoms with E-state index in [9.17, 15) is 4.79 Å². The van der Waals surface area contributed by atoms with Crippen molar-refractivity contribution < 1.29 is 4.74 Å². The standard InChI is InChI=1S/C11H10ClNO2/c1-6-3-7-4-8(12)10(15-2)5-9(7)13-11(6)14/h3-5H,1-2H3,(H,13,14). The van der Waals surface area contributed by atoms with Crippen LogP contribution in [0, 0.1) is 6.92 Å². The number of benzene rings is 1. The van der Waals surface area contributed by atoms with Crippen molar-refractivity contribution in [3.8, 4) is 5.75 Å². The highest BCUT2D eigenvalue weighted by Crippen LogP contribution is 2.28. The summed E-state index contributed by atoms with van der Waals surface area (Å²) >= 11 is 5.98. The molecule has 0 bridgehead atoms. The third-order valence-electron chi connectivity index (χ3n) is 2.30. The monoisotopic (exact) mass is 223 g/mol. The summed E-state index contributed by atoms with van der Waals surface area (Å²) in [6, 6.07) is 5.30. The Hall–Kier alpha value is -1.48. The highest BCUT2D eigenvalue weighted by molar-refractivity contribution is 6.32. The van der Waals surface area contributed by atoms with Gasteiger partial charge in [-0.1, -0.05) is 11.6 Å². The zero-order valence-corrected chi connectivity index (χ0v) is 9.18. The molecule has 0 atom stereocenters. The van der Waals surface area contributed by atoms with E-state index in [2.05, 4.69) is 4.98 Å². The van der Waals surface area contributed by atoms with Crippen LogP contribution in [0.4, 0.5) is 0 Å². The Labute approximate surface area is 91.6 Å². The Morgan fingerprint density at radius 1 is 1.33 bits per heavy atom. The quantitative estimate of drug-likeness (QED) is 0.807. The topological polar surface area (TPSA) is 42.1 Å². The summed E-state index contributed by atoms with van der Waals surface area (Å²) in [4.78, 5) is 14.2. The number of methoxy groups -OCH3 is 1. The number of hydrogen-bond acceptors (Lipinski definition) is 2. The lowest BCUT2D eigenvalue weighted by Crippen LogP contribution is -2.08. The molecular formula is C11H10ClNO2. The molecule has 0 aliphatic rings. The lowest BCUT2D eigenvalue weighted by Gasteiger charge is -2.05. The maximum absolute atomic E-state index is 11.4. The summed E-state index contributed by atoms with van der Waals surface area (Å²) in [5.74, 6) is 0.559. The smallest absolute Gasteiger partial charge is 0.251 e. The maximum atomic E-state index is 11.4. The van der Waals surface area contributed by atoms with Crippen molar-refractivity contribution in [3.05, 3.63) is 39.1 Å². The van der Waals surface area contributed by atoms with Crippen LogP contribution in [0.5, 0.6) is 5.75 Å². The Morgan fingerprint density at radius 3 is 2.73 bits per heavy atom. The van der Waals surface area contributed by atoms with E-state index >= 15 is 0 Å². The number of rotatable bonds is 1. The molecule has 0 saturated heterocycles. The van der Waals surface area contributed by atoms with Crippen LogP contribution in [0.15, 0.2) is 23.0 Å². The van der Waals surface area contributed by atoms with E-state index in [1.54, 1.807) is 32.2 Å². The van der Waals surface area contributed by atoms with E-state index in [0.717, 1.165) is 10.9 Å². The first-order valence-electron chi connectivity index (χ1n) is 4.49. The summed E-state index contributed by atoms with van der Waals surface area (Å²) < 4.78 is 5.07. The van der Waals surface area contributed by atoms with Crippen LogP contribution < -0.4 is 10.3 Å². The van der Waals surface area contributed by atoms with Gasteiger partial charge in [0.15, 0.2) is 0 Å². The van der Waals surface area contributed by atoms with E-state index in [0.29, 0.717) is 16.3 Å².